The number of fused-ring (bicyclic) bond motifs is 1. The number of nitrogens with one attached hydrogen (secondary N) is 3. The molecule has 3 aromatic rings. The molecule has 0 radical (unpaired) electrons. The van der Waals surface area contributed by atoms with Gasteiger partial charge in [0.05, 0.1) is 0 Å². The van der Waals surface area contributed by atoms with Gasteiger partial charge in [0.15, 0.2) is 0 Å². The van der Waals surface area contributed by atoms with Crippen LogP contribution in [0.2, 0.25) is 0 Å². The highest BCUT2D eigenvalue weighted by Crippen LogP contribution is 2.20. The lowest BCUT2D eigenvalue weighted by atomic mass is 10.1. The van der Waals surface area contributed by atoms with Gasteiger partial charge in [-0.05, 0) is 37.4 Å². The average molecular weight is 405 g/mol. The Morgan fingerprint density at radius 3 is 2.43 bits per heavy atom. The summed E-state index contributed by atoms with van der Waals surface area (Å²) >= 11 is 0. The van der Waals surface area contributed by atoms with Crippen molar-refractivity contribution in [3.8, 4) is 0 Å². The van der Waals surface area contributed by atoms with Crippen molar-refractivity contribution in [2.75, 3.05) is 26.2 Å². The summed E-state index contributed by atoms with van der Waals surface area (Å²) in [5, 5.41) is 6.70. The van der Waals surface area contributed by atoms with E-state index in [-0.39, 0.29) is 17.5 Å². The van der Waals surface area contributed by atoms with Crippen molar-refractivity contribution >= 4 is 28.8 Å². The molecule has 0 spiro atoms. The van der Waals surface area contributed by atoms with Crippen LogP contribution in [-0.2, 0) is 4.79 Å². The molecule has 0 aliphatic rings. The molecule has 0 unspecified atom stereocenters. The second-order valence-corrected chi connectivity index (χ2v) is 6.95. The van der Waals surface area contributed by atoms with Gasteiger partial charge >= 0.3 is 0 Å². The number of hydrogen-bond donors (Lipinski definition) is 3. The largest absolute Gasteiger partial charge is 0.361 e. The highest BCUT2D eigenvalue weighted by Gasteiger charge is 2.15. The lowest BCUT2D eigenvalue weighted by Gasteiger charge is -2.18. The first kappa shape index (κ1) is 21.3. The van der Waals surface area contributed by atoms with E-state index in [0.29, 0.717) is 12.1 Å². The third-order valence-corrected chi connectivity index (χ3v) is 5.06. The summed E-state index contributed by atoms with van der Waals surface area (Å²) in [5.74, 6) is -0.627. The fourth-order valence-electron chi connectivity index (χ4n) is 3.27. The Labute approximate surface area is 177 Å². The second kappa shape index (κ2) is 10.4. The summed E-state index contributed by atoms with van der Waals surface area (Å²) < 4.78 is 0. The minimum atomic E-state index is -0.319. The molecule has 1 heterocycles. The van der Waals surface area contributed by atoms with Gasteiger partial charge in [-0.1, -0.05) is 50.2 Å². The van der Waals surface area contributed by atoms with E-state index >= 15 is 0 Å². The molecule has 2 aromatic carbocycles. The lowest BCUT2D eigenvalue weighted by molar-refractivity contribution is -0.117. The van der Waals surface area contributed by atoms with Gasteiger partial charge in [0.2, 0.25) is 0 Å². The first-order valence-electron chi connectivity index (χ1n) is 10.3. The van der Waals surface area contributed by atoms with Crippen LogP contribution in [0, 0.1) is 0 Å². The number of carbonyl (C=O) groups excluding carboxylic acids is 2. The highest BCUT2D eigenvalue weighted by atomic mass is 16.2. The summed E-state index contributed by atoms with van der Waals surface area (Å²) in [6, 6.07) is 16.7. The normalized spacial score (nSPS) is 11.6. The monoisotopic (exact) mass is 404 g/mol. The Hall–Kier alpha value is -3.38. The summed E-state index contributed by atoms with van der Waals surface area (Å²) in [6.45, 7) is 7.30. The van der Waals surface area contributed by atoms with Crippen molar-refractivity contribution in [3.05, 3.63) is 77.6 Å². The zero-order valence-electron chi connectivity index (χ0n) is 17.4. The van der Waals surface area contributed by atoms with Crippen molar-refractivity contribution < 1.29 is 9.59 Å². The Morgan fingerprint density at radius 1 is 1.00 bits per heavy atom. The van der Waals surface area contributed by atoms with Gasteiger partial charge in [0.25, 0.3) is 11.8 Å². The number of benzene rings is 2. The third-order valence-electron chi connectivity index (χ3n) is 5.06. The highest BCUT2D eigenvalue weighted by molar-refractivity contribution is 6.06. The van der Waals surface area contributed by atoms with Crippen LogP contribution in [0.25, 0.3) is 17.0 Å². The molecule has 2 amide bonds. The molecule has 0 aliphatic heterocycles. The van der Waals surface area contributed by atoms with Gasteiger partial charge in [0.1, 0.15) is 5.70 Å². The van der Waals surface area contributed by atoms with E-state index in [1.165, 1.54) is 0 Å². The van der Waals surface area contributed by atoms with Crippen molar-refractivity contribution in [1.82, 2.24) is 20.5 Å². The number of amides is 2. The van der Waals surface area contributed by atoms with Crippen LogP contribution in [0.1, 0.15) is 29.8 Å². The van der Waals surface area contributed by atoms with E-state index in [4.69, 9.17) is 0 Å². The number of hydrogen-bond acceptors (Lipinski definition) is 3. The Balaban J connectivity index is 1.82. The van der Waals surface area contributed by atoms with Gasteiger partial charge in [-0.15, -0.1) is 0 Å². The molecular formula is C24H28N4O2. The summed E-state index contributed by atoms with van der Waals surface area (Å²) in [7, 11) is 0. The summed E-state index contributed by atoms with van der Waals surface area (Å²) in [5.41, 5.74) is 2.53. The number of carbonyl (C=O) groups is 2. The fraction of sp³-hybridized carbons (Fsp3) is 0.250. The van der Waals surface area contributed by atoms with Gasteiger partial charge in [-0.25, -0.2) is 0 Å². The predicted octanol–water partition coefficient (Wildman–Crippen LogP) is 3.40. The van der Waals surface area contributed by atoms with E-state index in [1.54, 1.807) is 30.3 Å². The number of aromatic nitrogens is 1. The maximum Gasteiger partial charge on any atom is 0.267 e. The second-order valence-electron chi connectivity index (χ2n) is 6.95. The van der Waals surface area contributed by atoms with Crippen LogP contribution >= 0.6 is 0 Å². The number of para-hydroxylation sites is 1. The van der Waals surface area contributed by atoms with E-state index in [9.17, 15) is 9.59 Å². The Kier molecular flexibility index (Phi) is 7.40. The Morgan fingerprint density at radius 2 is 1.70 bits per heavy atom. The molecule has 6 heteroatoms. The SMILES string of the molecule is CCN(CC)CCNC(=O)/C(=C/c1c[nH]c2ccccc12)NC(=O)c1ccccc1. The van der Waals surface area contributed by atoms with Crippen LogP contribution in [0.15, 0.2) is 66.5 Å². The zero-order valence-corrected chi connectivity index (χ0v) is 17.4. The third kappa shape index (κ3) is 5.36. The summed E-state index contributed by atoms with van der Waals surface area (Å²) in [6.07, 6.45) is 3.55. The van der Waals surface area contributed by atoms with Crippen molar-refractivity contribution in [2.24, 2.45) is 0 Å². The maximum atomic E-state index is 12.9. The predicted molar refractivity (Wildman–Crippen MR) is 121 cm³/mol. The van der Waals surface area contributed by atoms with Crippen LogP contribution in [0.4, 0.5) is 0 Å². The van der Waals surface area contributed by atoms with Gasteiger partial charge in [-0.2, -0.15) is 0 Å². The topological polar surface area (TPSA) is 77.2 Å². The molecule has 0 atom stereocenters. The van der Waals surface area contributed by atoms with E-state index in [1.807, 2.05) is 36.5 Å². The van der Waals surface area contributed by atoms with Gasteiger partial charge in [-0.3, -0.25) is 9.59 Å². The van der Waals surface area contributed by atoms with E-state index < -0.39 is 0 Å². The number of aromatic amines is 1. The molecule has 3 rings (SSSR count). The maximum absolute atomic E-state index is 12.9. The molecule has 0 saturated carbocycles. The average Bonchev–Trinajstić information content (AvgIpc) is 3.19. The number of rotatable bonds is 9. The molecule has 1 aromatic heterocycles. The zero-order chi connectivity index (χ0) is 21.3. The van der Waals surface area contributed by atoms with Crippen LogP contribution < -0.4 is 10.6 Å². The minimum Gasteiger partial charge on any atom is -0.361 e. The van der Waals surface area contributed by atoms with Gasteiger partial charge in [0, 0.05) is 41.3 Å². The van der Waals surface area contributed by atoms with Crippen molar-refractivity contribution in [3.63, 3.8) is 0 Å². The molecule has 156 valence electrons. The smallest absolute Gasteiger partial charge is 0.267 e. The van der Waals surface area contributed by atoms with Crippen LogP contribution in [0.5, 0.6) is 0 Å². The standard InChI is InChI=1S/C24H28N4O2/c1-3-28(4-2)15-14-25-24(30)22(27-23(29)18-10-6-5-7-11-18)16-19-17-26-21-13-9-8-12-20(19)21/h5-13,16-17,26H,3-4,14-15H2,1-2H3,(H,25,30)(H,27,29)/b22-16-. The summed E-state index contributed by atoms with van der Waals surface area (Å²) in [4.78, 5) is 31.0. The molecule has 6 nitrogen and oxygen atoms in total. The number of H-pyrrole nitrogens is 1. The van der Waals surface area contributed by atoms with E-state index in [0.717, 1.165) is 36.1 Å². The quantitative estimate of drug-likeness (QED) is 0.479. The van der Waals surface area contributed by atoms with Crippen molar-refractivity contribution in [2.45, 2.75) is 13.8 Å². The number of nitrogens with zero attached hydrogens (tertiary/aromatic N) is 1. The minimum absolute atomic E-state index is 0.216. The van der Waals surface area contributed by atoms with Crippen LogP contribution in [0.3, 0.4) is 0 Å². The van der Waals surface area contributed by atoms with Crippen molar-refractivity contribution in [1.29, 1.82) is 0 Å². The van der Waals surface area contributed by atoms with Gasteiger partial charge < -0.3 is 20.5 Å². The molecule has 30 heavy (non-hydrogen) atoms. The number of likely N-dealkylation sites (N-methyl/N-ethyl adjacent to an activating group) is 1. The molecule has 0 bridgehead atoms. The first-order chi connectivity index (χ1) is 14.6. The molecule has 0 aliphatic carbocycles. The molecule has 3 N–H and O–H groups in total. The Bertz CT molecular complexity index is 1020. The fourth-order valence-corrected chi connectivity index (χ4v) is 3.27. The lowest BCUT2D eigenvalue weighted by Crippen LogP contribution is -2.39. The molecule has 0 saturated heterocycles. The van der Waals surface area contributed by atoms with E-state index in [2.05, 4.69) is 34.4 Å². The molecule has 0 fully saturated rings. The molecular weight excluding hydrogens is 376 g/mol. The first-order valence-corrected chi connectivity index (χ1v) is 10.3. The van der Waals surface area contributed by atoms with Crippen LogP contribution in [-0.4, -0.2) is 47.9 Å².